The van der Waals surface area contributed by atoms with Crippen LogP contribution in [0.3, 0.4) is 0 Å². The summed E-state index contributed by atoms with van der Waals surface area (Å²) >= 11 is 0. The van der Waals surface area contributed by atoms with Crippen molar-refractivity contribution in [3.05, 3.63) is 29.8 Å². The van der Waals surface area contributed by atoms with E-state index in [0.29, 0.717) is 30.1 Å². The van der Waals surface area contributed by atoms with Crippen LogP contribution in [-0.4, -0.2) is 52.4 Å². The minimum Gasteiger partial charge on any atom is -0.347 e. The van der Waals surface area contributed by atoms with Crippen molar-refractivity contribution in [3.63, 3.8) is 0 Å². The molecule has 162 valence electrons. The van der Waals surface area contributed by atoms with Gasteiger partial charge in [-0.15, -0.1) is 0 Å². The summed E-state index contributed by atoms with van der Waals surface area (Å²) in [6.07, 6.45) is 6.91. The van der Waals surface area contributed by atoms with Crippen molar-refractivity contribution in [3.8, 4) is 0 Å². The van der Waals surface area contributed by atoms with Gasteiger partial charge in [0.15, 0.2) is 5.82 Å². The van der Waals surface area contributed by atoms with Gasteiger partial charge in [0.25, 0.3) is 0 Å². The molecule has 30 heavy (non-hydrogen) atoms. The van der Waals surface area contributed by atoms with E-state index in [1.54, 1.807) is 12.1 Å². The predicted molar refractivity (Wildman–Crippen MR) is 112 cm³/mol. The average Bonchev–Trinajstić information content (AvgIpc) is 3.45. The Labute approximate surface area is 175 Å². The first-order valence-corrected chi connectivity index (χ1v) is 11.0. The molecule has 2 heterocycles. The highest BCUT2D eigenvalue weighted by molar-refractivity contribution is 5.87. The summed E-state index contributed by atoms with van der Waals surface area (Å²) < 4.78 is 13.8. The minimum atomic E-state index is -0.570. The van der Waals surface area contributed by atoms with Crippen LogP contribution >= 0.6 is 0 Å². The lowest BCUT2D eigenvalue weighted by Crippen LogP contribution is -2.48. The van der Waals surface area contributed by atoms with Crippen molar-refractivity contribution in [2.24, 2.45) is 5.92 Å². The van der Waals surface area contributed by atoms with Crippen LogP contribution < -0.4 is 10.6 Å². The Bertz CT molecular complexity index is 889. The van der Waals surface area contributed by atoms with E-state index >= 15 is 0 Å². The van der Waals surface area contributed by atoms with Crippen molar-refractivity contribution in [1.29, 1.82) is 0 Å². The zero-order valence-corrected chi connectivity index (χ0v) is 17.3. The van der Waals surface area contributed by atoms with Crippen molar-refractivity contribution < 1.29 is 14.0 Å². The molecule has 4 rings (SSSR count). The predicted octanol–water partition coefficient (Wildman–Crippen LogP) is 2.48. The topological polar surface area (TPSA) is 90.1 Å². The number of benzene rings is 1. The number of amides is 2. The third-order valence-corrected chi connectivity index (χ3v) is 5.95. The van der Waals surface area contributed by atoms with Gasteiger partial charge in [-0.25, -0.2) is 9.37 Å². The summed E-state index contributed by atoms with van der Waals surface area (Å²) in [7, 11) is 0. The molecular formula is C22H30FN5O2. The lowest BCUT2D eigenvalue weighted by molar-refractivity contribution is -0.129. The third kappa shape index (κ3) is 5.56. The maximum Gasteiger partial charge on any atom is 0.243 e. The maximum atomic E-state index is 13.8. The Hall–Kier alpha value is -2.48. The molecule has 7 nitrogen and oxygen atoms in total. The molecule has 0 radical (unpaired) electrons. The van der Waals surface area contributed by atoms with E-state index < -0.39 is 11.9 Å². The van der Waals surface area contributed by atoms with E-state index in [1.807, 2.05) is 0 Å². The SMILES string of the molecule is O=C(CC1CC1)NC(CCN1CCCCC1)C(=O)NCc1nc2c(F)cccc2[nH]1. The van der Waals surface area contributed by atoms with Crippen molar-refractivity contribution in [1.82, 2.24) is 25.5 Å². The van der Waals surface area contributed by atoms with E-state index in [4.69, 9.17) is 0 Å². The van der Waals surface area contributed by atoms with Crippen LogP contribution in [0.4, 0.5) is 4.39 Å². The van der Waals surface area contributed by atoms with Crippen LogP contribution in [0.1, 0.15) is 50.8 Å². The molecular weight excluding hydrogens is 385 g/mol. The Kier molecular flexibility index (Phi) is 6.62. The van der Waals surface area contributed by atoms with Gasteiger partial charge in [-0.2, -0.15) is 0 Å². The number of nitrogens with zero attached hydrogens (tertiary/aromatic N) is 2. The number of carbonyl (C=O) groups is 2. The van der Waals surface area contributed by atoms with Crippen molar-refractivity contribution in [2.45, 2.75) is 57.5 Å². The molecule has 1 saturated carbocycles. The molecule has 1 aliphatic carbocycles. The zero-order chi connectivity index (χ0) is 20.9. The second-order valence-corrected chi connectivity index (χ2v) is 8.50. The molecule has 1 aromatic carbocycles. The number of aromatic nitrogens is 2. The van der Waals surface area contributed by atoms with Gasteiger partial charge in [0.2, 0.25) is 11.8 Å². The molecule has 3 N–H and O–H groups in total. The number of hydrogen-bond acceptors (Lipinski definition) is 4. The van der Waals surface area contributed by atoms with Gasteiger partial charge in [0.1, 0.15) is 17.4 Å². The van der Waals surface area contributed by atoms with Crippen LogP contribution in [0.15, 0.2) is 18.2 Å². The summed E-state index contributed by atoms with van der Waals surface area (Å²) in [5.41, 5.74) is 0.861. The Morgan fingerprint density at radius 1 is 1.23 bits per heavy atom. The van der Waals surface area contributed by atoms with Gasteiger partial charge in [0, 0.05) is 13.0 Å². The number of imidazole rings is 1. The quantitative estimate of drug-likeness (QED) is 0.587. The molecule has 0 spiro atoms. The highest BCUT2D eigenvalue weighted by Crippen LogP contribution is 2.32. The number of likely N-dealkylation sites (tertiary alicyclic amines) is 1. The third-order valence-electron chi connectivity index (χ3n) is 5.95. The number of nitrogens with one attached hydrogen (secondary N) is 3. The fourth-order valence-corrected chi connectivity index (χ4v) is 4.03. The molecule has 1 aliphatic heterocycles. The van der Waals surface area contributed by atoms with Gasteiger partial charge in [-0.3, -0.25) is 9.59 Å². The van der Waals surface area contributed by atoms with Gasteiger partial charge in [0.05, 0.1) is 12.1 Å². The number of piperidine rings is 1. The number of halogens is 1. The number of carbonyl (C=O) groups excluding carboxylic acids is 2. The molecule has 0 bridgehead atoms. The average molecular weight is 416 g/mol. The Morgan fingerprint density at radius 3 is 2.77 bits per heavy atom. The number of H-pyrrole nitrogens is 1. The highest BCUT2D eigenvalue weighted by Gasteiger charge is 2.28. The number of aromatic amines is 1. The van der Waals surface area contributed by atoms with E-state index in [2.05, 4.69) is 25.5 Å². The summed E-state index contributed by atoms with van der Waals surface area (Å²) in [6.45, 7) is 3.05. The van der Waals surface area contributed by atoms with Gasteiger partial charge < -0.3 is 20.5 Å². The molecule has 1 saturated heterocycles. The lowest BCUT2D eigenvalue weighted by atomic mass is 10.1. The number of fused-ring (bicyclic) bond motifs is 1. The molecule has 1 aromatic heterocycles. The number of para-hydroxylation sites is 1. The first-order chi connectivity index (χ1) is 14.6. The second-order valence-electron chi connectivity index (χ2n) is 8.50. The smallest absolute Gasteiger partial charge is 0.243 e. The maximum absolute atomic E-state index is 13.8. The highest BCUT2D eigenvalue weighted by atomic mass is 19.1. The van der Waals surface area contributed by atoms with Crippen LogP contribution in [0.25, 0.3) is 11.0 Å². The standard InChI is InChI=1S/C22H30FN5O2/c23-16-5-4-6-17-21(16)27-19(25-17)14-24-22(30)18(26-20(29)13-15-7-8-15)9-12-28-10-2-1-3-11-28/h4-6,15,18H,1-3,7-14H2,(H,24,30)(H,25,27)(H,26,29). The van der Waals surface area contributed by atoms with E-state index in [9.17, 15) is 14.0 Å². The molecule has 2 aliphatic rings. The minimum absolute atomic E-state index is 0.0536. The van der Waals surface area contributed by atoms with Crippen molar-refractivity contribution in [2.75, 3.05) is 19.6 Å². The summed E-state index contributed by atoms with van der Waals surface area (Å²) in [5.74, 6) is 0.288. The normalized spacial score (nSPS) is 18.3. The summed E-state index contributed by atoms with van der Waals surface area (Å²) in [5, 5.41) is 5.78. The van der Waals surface area contributed by atoms with Crippen molar-refractivity contribution >= 4 is 22.8 Å². The van der Waals surface area contributed by atoms with Crippen LogP contribution in [0, 0.1) is 11.7 Å². The lowest BCUT2D eigenvalue weighted by Gasteiger charge is -2.28. The Balaban J connectivity index is 1.35. The van der Waals surface area contributed by atoms with E-state index in [-0.39, 0.29) is 23.9 Å². The van der Waals surface area contributed by atoms with Crippen LogP contribution in [-0.2, 0) is 16.1 Å². The van der Waals surface area contributed by atoms with Gasteiger partial charge in [-0.1, -0.05) is 12.5 Å². The molecule has 2 fully saturated rings. The summed E-state index contributed by atoms with van der Waals surface area (Å²) in [4.78, 5) is 34.8. The van der Waals surface area contributed by atoms with E-state index in [1.165, 1.54) is 25.3 Å². The van der Waals surface area contributed by atoms with Crippen LogP contribution in [0.2, 0.25) is 0 Å². The molecule has 1 atom stereocenters. The first-order valence-electron chi connectivity index (χ1n) is 11.0. The number of hydrogen-bond donors (Lipinski definition) is 3. The molecule has 2 aromatic rings. The monoisotopic (exact) mass is 415 g/mol. The molecule has 1 unspecified atom stereocenters. The molecule has 2 amide bonds. The van der Waals surface area contributed by atoms with Crippen LogP contribution in [0.5, 0.6) is 0 Å². The first kappa shape index (κ1) is 20.8. The Morgan fingerprint density at radius 2 is 2.03 bits per heavy atom. The second kappa shape index (κ2) is 9.55. The fourth-order valence-electron chi connectivity index (χ4n) is 4.03. The van der Waals surface area contributed by atoms with Gasteiger partial charge in [-0.05, 0) is 63.2 Å². The fraction of sp³-hybridized carbons (Fsp3) is 0.591. The number of rotatable bonds is 9. The largest absolute Gasteiger partial charge is 0.347 e. The zero-order valence-electron chi connectivity index (χ0n) is 17.3. The summed E-state index contributed by atoms with van der Waals surface area (Å²) in [6, 6.07) is 4.15. The van der Waals surface area contributed by atoms with Gasteiger partial charge >= 0.3 is 0 Å². The van der Waals surface area contributed by atoms with E-state index in [0.717, 1.165) is 32.5 Å². The molecule has 8 heteroatoms.